The number of nitrogens with one attached hydrogen (secondary N) is 1. The molecule has 156 valence electrons. The van der Waals surface area contributed by atoms with Gasteiger partial charge in [-0.25, -0.2) is 13.1 Å². The first kappa shape index (κ1) is 20.8. The number of hydrogen-bond donors (Lipinski definition) is 1. The highest BCUT2D eigenvalue weighted by Crippen LogP contribution is 2.20. The minimum atomic E-state index is -3.85. The van der Waals surface area contributed by atoms with Gasteiger partial charge in [0.15, 0.2) is 5.76 Å². The monoisotopic (exact) mass is 413 g/mol. The highest BCUT2D eigenvalue weighted by atomic mass is 32.2. The molecule has 0 bridgehead atoms. The van der Waals surface area contributed by atoms with Gasteiger partial charge in [-0.05, 0) is 45.7 Å². The molecule has 0 spiro atoms. The Hall–Kier alpha value is -1.91. The summed E-state index contributed by atoms with van der Waals surface area (Å²) in [5.41, 5.74) is -0.665. The van der Waals surface area contributed by atoms with Crippen molar-refractivity contribution in [1.82, 2.24) is 14.5 Å². The number of piperazine rings is 1. The lowest BCUT2D eigenvalue weighted by molar-refractivity contribution is -0.142. The first-order valence-electron chi connectivity index (χ1n) is 9.40. The summed E-state index contributed by atoms with van der Waals surface area (Å²) in [6, 6.07) is 2.64. The second kappa shape index (κ2) is 7.84. The van der Waals surface area contributed by atoms with E-state index in [-0.39, 0.29) is 28.8 Å². The largest absolute Gasteiger partial charge is 0.438 e. The van der Waals surface area contributed by atoms with E-state index < -0.39 is 15.6 Å². The number of carbonyl (C=O) groups excluding carboxylic acids is 2. The maximum absolute atomic E-state index is 12.6. The van der Waals surface area contributed by atoms with Gasteiger partial charge in [0.25, 0.3) is 21.8 Å². The zero-order valence-electron chi connectivity index (χ0n) is 16.4. The lowest BCUT2D eigenvalue weighted by Crippen LogP contribution is -2.52. The van der Waals surface area contributed by atoms with Gasteiger partial charge in [0.2, 0.25) is 5.09 Å². The molecule has 1 atom stereocenters. The summed E-state index contributed by atoms with van der Waals surface area (Å²) in [6.45, 7) is 7.33. The van der Waals surface area contributed by atoms with Crippen LogP contribution in [0, 0.1) is 0 Å². The molecule has 2 fully saturated rings. The topological polar surface area (TPSA) is 109 Å². The van der Waals surface area contributed by atoms with E-state index in [2.05, 4.69) is 4.72 Å². The summed E-state index contributed by atoms with van der Waals surface area (Å²) < 4.78 is 37.9. The quantitative estimate of drug-likeness (QED) is 0.783. The van der Waals surface area contributed by atoms with Crippen LogP contribution in [0.2, 0.25) is 0 Å². The SMILES string of the molecule is CC(C)(C)NS(=O)(=O)c1ccc(C(=O)N2CCN(C(=O)C3CCCO3)CC2)o1. The maximum Gasteiger partial charge on any atom is 0.289 e. The molecule has 10 heteroatoms. The summed E-state index contributed by atoms with van der Waals surface area (Å²) in [5.74, 6) is -0.446. The Labute approximate surface area is 165 Å². The minimum Gasteiger partial charge on any atom is -0.438 e. The van der Waals surface area contributed by atoms with Gasteiger partial charge in [0.1, 0.15) is 6.10 Å². The number of nitrogens with zero attached hydrogens (tertiary/aromatic N) is 2. The normalized spacial score (nSPS) is 21.2. The van der Waals surface area contributed by atoms with Gasteiger partial charge in [-0.1, -0.05) is 0 Å². The van der Waals surface area contributed by atoms with Crippen molar-refractivity contribution in [2.75, 3.05) is 32.8 Å². The van der Waals surface area contributed by atoms with Crippen molar-refractivity contribution in [3.63, 3.8) is 0 Å². The van der Waals surface area contributed by atoms with Crippen LogP contribution in [-0.4, -0.2) is 74.5 Å². The molecule has 1 N–H and O–H groups in total. The zero-order chi connectivity index (χ0) is 20.5. The molecule has 28 heavy (non-hydrogen) atoms. The molecule has 3 heterocycles. The Balaban J connectivity index is 1.60. The first-order chi connectivity index (χ1) is 13.1. The molecule has 0 aliphatic carbocycles. The van der Waals surface area contributed by atoms with Crippen LogP contribution >= 0.6 is 0 Å². The smallest absolute Gasteiger partial charge is 0.289 e. The molecule has 0 radical (unpaired) electrons. The number of rotatable bonds is 4. The number of hydrogen-bond acceptors (Lipinski definition) is 6. The van der Waals surface area contributed by atoms with E-state index in [1.165, 1.54) is 12.1 Å². The standard InChI is InChI=1S/C18H27N3O6S/c1-18(2,3)19-28(24,25)15-7-6-14(27-15)17(23)21-10-8-20(9-11-21)16(22)13-5-4-12-26-13/h6-7,13,19H,4-5,8-12H2,1-3H3. The second-order valence-corrected chi connectivity index (χ2v) is 9.71. The Kier molecular flexibility index (Phi) is 5.83. The van der Waals surface area contributed by atoms with E-state index in [1.54, 1.807) is 30.6 Å². The van der Waals surface area contributed by atoms with Crippen LogP contribution in [0.5, 0.6) is 0 Å². The lowest BCUT2D eigenvalue weighted by Gasteiger charge is -2.35. The lowest BCUT2D eigenvalue weighted by atomic mass is 10.1. The number of sulfonamides is 1. The Morgan fingerprint density at radius 2 is 1.75 bits per heavy atom. The molecule has 2 aliphatic heterocycles. The zero-order valence-corrected chi connectivity index (χ0v) is 17.3. The summed E-state index contributed by atoms with van der Waals surface area (Å²) in [4.78, 5) is 28.3. The molecular formula is C18H27N3O6S. The maximum atomic E-state index is 12.6. The van der Waals surface area contributed by atoms with Crippen LogP contribution in [0.3, 0.4) is 0 Å². The van der Waals surface area contributed by atoms with Crippen molar-refractivity contribution in [1.29, 1.82) is 0 Å². The third-order valence-electron chi connectivity index (χ3n) is 4.58. The van der Waals surface area contributed by atoms with Crippen molar-refractivity contribution < 1.29 is 27.2 Å². The molecule has 1 aromatic heterocycles. The van der Waals surface area contributed by atoms with Crippen molar-refractivity contribution in [2.45, 2.75) is 50.3 Å². The molecule has 2 saturated heterocycles. The highest BCUT2D eigenvalue weighted by Gasteiger charge is 2.33. The van der Waals surface area contributed by atoms with Crippen LogP contribution in [-0.2, 0) is 19.6 Å². The van der Waals surface area contributed by atoms with Crippen LogP contribution in [0.4, 0.5) is 0 Å². The number of amides is 2. The molecule has 0 aromatic carbocycles. The Bertz CT molecular complexity index is 828. The van der Waals surface area contributed by atoms with Gasteiger partial charge in [-0.2, -0.15) is 0 Å². The van der Waals surface area contributed by atoms with Crippen LogP contribution in [0.1, 0.15) is 44.2 Å². The van der Waals surface area contributed by atoms with E-state index in [1.807, 2.05) is 0 Å². The third-order valence-corrected chi connectivity index (χ3v) is 6.21. The fraction of sp³-hybridized carbons (Fsp3) is 0.667. The number of ether oxygens (including phenoxy) is 1. The molecule has 1 unspecified atom stereocenters. The fourth-order valence-electron chi connectivity index (χ4n) is 3.29. The fourth-order valence-corrected chi connectivity index (χ4v) is 4.65. The molecule has 0 saturated carbocycles. The average Bonchev–Trinajstić information content (AvgIpc) is 3.30. The summed E-state index contributed by atoms with van der Waals surface area (Å²) in [5, 5.41) is -0.294. The van der Waals surface area contributed by atoms with E-state index in [0.717, 1.165) is 12.8 Å². The Morgan fingerprint density at radius 1 is 1.11 bits per heavy atom. The Morgan fingerprint density at radius 3 is 2.32 bits per heavy atom. The van der Waals surface area contributed by atoms with E-state index in [0.29, 0.717) is 32.8 Å². The number of carbonyl (C=O) groups is 2. The van der Waals surface area contributed by atoms with Gasteiger partial charge in [-0.15, -0.1) is 0 Å². The van der Waals surface area contributed by atoms with E-state index in [9.17, 15) is 18.0 Å². The van der Waals surface area contributed by atoms with Gasteiger partial charge in [0.05, 0.1) is 0 Å². The number of furan rings is 1. The van der Waals surface area contributed by atoms with Gasteiger partial charge in [0, 0.05) is 38.3 Å². The van der Waals surface area contributed by atoms with Crippen LogP contribution < -0.4 is 4.72 Å². The summed E-state index contributed by atoms with van der Waals surface area (Å²) in [7, 11) is -3.85. The summed E-state index contributed by atoms with van der Waals surface area (Å²) in [6.07, 6.45) is 1.27. The first-order valence-corrected chi connectivity index (χ1v) is 10.9. The van der Waals surface area contributed by atoms with Gasteiger partial charge in [-0.3, -0.25) is 9.59 Å². The second-order valence-electron chi connectivity index (χ2n) is 8.09. The van der Waals surface area contributed by atoms with Crippen molar-refractivity contribution >= 4 is 21.8 Å². The van der Waals surface area contributed by atoms with E-state index >= 15 is 0 Å². The molecule has 2 aliphatic rings. The molecule has 2 amide bonds. The molecule has 1 aromatic rings. The average molecular weight is 413 g/mol. The predicted molar refractivity (Wildman–Crippen MR) is 100 cm³/mol. The van der Waals surface area contributed by atoms with Crippen LogP contribution in [0.15, 0.2) is 21.6 Å². The molecule has 9 nitrogen and oxygen atoms in total. The minimum absolute atomic E-state index is 0.0239. The molecular weight excluding hydrogens is 386 g/mol. The van der Waals surface area contributed by atoms with Gasteiger partial charge >= 0.3 is 0 Å². The molecule has 3 rings (SSSR count). The van der Waals surface area contributed by atoms with Crippen molar-refractivity contribution in [2.24, 2.45) is 0 Å². The van der Waals surface area contributed by atoms with Gasteiger partial charge < -0.3 is 19.0 Å². The van der Waals surface area contributed by atoms with Crippen LogP contribution in [0.25, 0.3) is 0 Å². The van der Waals surface area contributed by atoms with Crippen molar-refractivity contribution in [3.8, 4) is 0 Å². The third kappa shape index (κ3) is 4.73. The van der Waals surface area contributed by atoms with Crippen molar-refractivity contribution in [3.05, 3.63) is 17.9 Å². The van der Waals surface area contributed by atoms with E-state index in [4.69, 9.17) is 9.15 Å². The highest BCUT2D eigenvalue weighted by molar-refractivity contribution is 7.89. The summed E-state index contributed by atoms with van der Waals surface area (Å²) >= 11 is 0. The predicted octanol–water partition coefficient (Wildman–Crippen LogP) is 0.820.